The number of rotatable bonds is 5. The Kier molecular flexibility index (Phi) is 15.8. The minimum atomic E-state index is -0.692. The molecule has 81 heavy (non-hydrogen) atoms. The van der Waals surface area contributed by atoms with Crippen molar-refractivity contribution in [2.45, 2.75) is 88.9 Å². The van der Waals surface area contributed by atoms with E-state index in [4.69, 9.17) is 33.9 Å². The Morgan fingerprint density at radius 1 is 0.556 bits per heavy atom. The highest BCUT2D eigenvalue weighted by molar-refractivity contribution is 9.10. The van der Waals surface area contributed by atoms with Crippen LogP contribution >= 0.6 is 15.9 Å². The third-order valence-corrected chi connectivity index (χ3v) is 18.5. The fraction of sp³-hybridized carbons (Fsp3) is 0.500. The van der Waals surface area contributed by atoms with Crippen LogP contribution in [0, 0.1) is 37.1 Å². The first-order chi connectivity index (χ1) is 39.3. The first kappa shape index (κ1) is 55.3. The minimum absolute atomic E-state index is 0.0000231. The first-order valence-corrected chi connectivity index (χ1v) is 29.3. The van der Waals surface area contributed by atoms with Crippen molar-refractivity contribution < 1.29 is 46.1 Å². The number of nitrogens with one attached hydrogen (secondary N) is 1. The summed E-state index contributed by atoms with van der Waals surface area (Å²) in [6.07, 6.45) is 12.1. The van der Waals surface area contributed by atoms with Crippen LogP contribution in [-0.4, -0.2) is 137 Å². The molecule has 428 valence electrons. The number of piperidine rings is 2. The Labute approximate surface area is 476 Å². The van der Waals surface area contributed by atoms with E-state index < -0.39 is 23.3 Å². The van der Waals surface area contributed by atoms with Crippen LogP contribution < -0.4 is 29.8 Å². The van der Waals surface area contributed by atoms with Crippen molar-refractivity contribution in [2.24, 2.45) is 0 Å². The summed E-state index contributed by atoms with van der Waals surface area (Å²) in [7, 11) is 0. The van der Waals surface area contributed by atoms with E-state index >= 15 is 4.39 Å². The summed E-state index contributed by atoms with van der Waals surface area (Å²) >= 11 is 3.35. The molecule has 0 atom stereocenters. The molecule has 6 aromatic rings. The lowest BCUT2D eigenvalue weighted by Gasteiger charge is -2.34. The molecular weight excluding hydrogens is 1110 g/mol. The topological polar surface area (TPSA) is 151 Å². The second kappa shape index (κ2) is 23.2. The molecule has 0 unspecified atom stereocenters. The molecule has 4 aromatic heterocycles. The van der Waals surface area contributed by atoms with E-state index in [9.17, 15) is 22.8 Å². The highest BCUT2D eigenvalue weighted by Gasteiger charge is 2.47. The number of aromatic nitrogens is 4. The van der Waals surface area contributed by atoms with Gasteiger partial charge in [0.25, 0.3) is 0 Å². The molecule has 6 saturated heterocycles. The number of pyridine rings is 4. The van der Waals surface area contributed by atoms with E-state index in [0.717, 1.165) is 140 Å². The van der Waals surface area contributed by atoms with Gasteiger partial charge >= 0.3 is 0 Å². The average Bonchev–Trinajstić information content (AvgIpc) is 4.13. The van der Waals surface area contributed by atoms with Crippen LogP contribution in [0.15, 0.2) is 53.3 Å². The zero-order chi connectivity index (χ0) is 56.0. The third-order valence-electron chi connectivity index (χ3n) is 17.5. The van der Waals surface area contributed by atoms with Gasteiger partial charge < -0.3 is 39.0 Å². The molecular formula is C60H67BrF4N10O6. The largest absolute Gasteiger partial charge is 0.383 e. The zero-order valence-electron chi connectivity index (χ0n) is 45.9. The van der Waals surface area contributed by atoms with Gasteiger partial charge in [0.15, 0.2) is 0 Å². The first-order valence-electron chi connectivity index (χ1n) is 28.5. The number of carbonyl (C=O) groups excluding carboxylic acids is 2. The monoisotopic (exact) mass is 1180 g/mol. The number of fused-ring (bicyclic) bond motifs is 6. The molecule has 16 nitrogen and oxygen atoms in total. The smallest absolute Gasteiger partial charge is 0.228 e. The lowest BCUT2D eigenvalue weighted by molar-refractivity contribution is -0.120. The summed E-state index contributed by atoms with van der Waals surface area (Å²) in [5.74, 6) is -1.76. The van der Waals surface area contributed by atoms with Gasteiger partial charge in [0, 0.05) is 142 Å². The van der Waals surface area contributed by atoms with Crippen LogP contribution in [0.25, 0.3) is 21.8 Å². The second-order valence-electron chi connectivity index (χ2n) is 22.4. The maximum atomic E-state index is 15.7. The van der Waals surface area contributed by atoms with E-state index in [-0.39, 0.29) is 44.5 Å². The van der Waals surface area contributed by atoms with E-state index in [1.54, 1.807) is 16.7 Å². The lowest BCUT2D eigenvalue weighted by atomic mass is 9.78. The Balaban J connectivity index is 0.000000133. The predicted molar refractivity (Wildman–Crippen MR) is 306 cm³/mol. The van der Waals surface area contributed by atoms with Crippen molar-refractivity contribution >= 4 is 89.6 Å². The highest BCUT2D eigenvalue weighted by Crippen LogP contribution is 2.53. The van der Waals surface area contributed by atoms with Crippen LogP contribution in [0.5, 0.6) is 0 Å². The molecule has 2 amide bonds. The second-order valence-corrected chi connectivity index (χ2v) is 23.2. The Hall–Kier alpha value is -6.26. The number of morpholine rings is 2. The number of carbonyl (C=O) groups is 2. The number of anilines is 7. The minimum Gasteiger partial charge on any atom is -0.383 e. The van der Waals surface area contributed by atoms with Gasteiger partial charge in [-0.1, -0.05) is 0 Å². The Morgan fingerprint density at radius 2 is 1.05 bits per heavy atom. The maximum Gasteiger partial charge on any atom is 0.228 e. The van der Waals surface area contributed by atoms with Gasteiger partial charge in [0.2, 0.25) is 11.8 Å². The van der Waals surface area contributed by atoms with Gasteiger partial charge in [-0.05, 0) is 93.3 Å². The number of benzene rings is 2. The predicted octanol–water partition coefficient (Wildman–Crippen LogP) is 10.3. The normalized spacial score (nSPS) is 20.5. The van der Waals surface area contributed by atoms with Crippen molar-refractivity contribution in [2.75, 3.05) is 135 Å². The van der Waals surface area contributed by atoms with Crippen LogP contribution in [-0.2, 0) is 39.4 Å². The average molecular weight is 1180 g/mol. The quantitative estimate of drug-likeness (QED) is 0.163. The van der Waals surface area contributed by atoms with Gasteiger partial charge in [0.1, 0.15) is 34.9 Å². The number of ether oxygens (including phenoxy) is 4. The highest BCUT2D eigenvalue weighted by atomic mass is 79.9. The molecule has 1 N–H and O–H groups in total. The van der Waals surface area contributed by atoms with Crippen LogP contribution in [0.3, 0.4) is 0 Å². The SMILES string of the molecule is Cc1c(N2CCCCC2=O)nc2cc(F)cc(F)c2c1Br.Cc1c(N2CCCCC2=O)nc2cc(F)cc(F)c2c1N1CC2(CCOCC2)c2ncc(N3CCOCC3)cc21.c1nc2c(cc1N1CCOCC1)NCC21CCOCC1. The van der Waals surface area contributed by atoms with E-state index in [1.165, 1.54) is 29.2 Å². The lowest BCUT2D eigenvalue weighted by Crippen LogP contribution is -2.39. The Bertz CT molecular complexity index is 3390. The van der Waals surface area contributed by atoms with E-state index in [1.807, 2.05) is 19.3 Å². The van der Waals surface area contributed by atoms with Gasteiger partial charge in [-0.3, -0.25) is 29.4 Å². The van der Waals surface area contributed by atoms with Gasteiger partial charge in [-0.2, -0.15) is 0 Å². The number of hydrogen-bond donors (Lipinski definition) is 1. The molecule has 2 aromatic carbocycles. The summed E-state index contributed by atoms with van der Waals surface area (Å²) in [4.78, 5) is 54.0. The number of halogens is 5. The molecule has 0 radical (unpaired) electrons. The number of amides is 2. The number of hydrogen-bond acceptors (Lipinski definition) is 14. The van der Waals surface area contributed by atoms with E-state index in [2.05, 4.69) is 53.1 Å². The van der Waals surface area contributed by atoms with E-state index in [0.29, 0.717) is 91.8 Å². The molecule has 0 bridgehead atoms. The fourth-order valence-electron chi connectivity index (χ4n) is 13.0. The molecule has 6 fully saturated rings. The molecule has 14 rings (SSSR count). The van der Waals surface area contributed by atoms with Crippen molar-refractivity contribution in [3.63, 3.8) is 0 Å². The molecule has 21 heteroatoms. The van der Waals surface area contributed by atoms with Crippen molar-refractivity contribution in [1.29, 1.82) is 0 Å². The molecule has 8 aliphatic heterocycles. The van der Waals surface area contributed by atoms with Crippen LogP contribution in [0.4, 0.5) is 57.6 Å². The van der Waals surface area contributed by atoms with Crippen LogP contribution in [0.2, 0.25) is 0 Å². The summed E-state index contributed by atoms with van der Waals surface area (Å²) in [6, 6.07) is 8.61. The molecule has 8 aliphatic rings. The third kappa shape index (κ3) is 10.7. The van der Waals surface area contributed by atoms with Crippen molar-refractivity contribution in [3.05, 3.63) is 99.0 Å². The van der Waals surface area contributed by atoms with Gasteiger partial charge in [-0.25, -0.2) is 27.5 Å². The molecule has 12 heterocycles. The Morgan fingerprint density at radius 3 is 1.62 bits per heavy atom. The van der Waals surface area contributed by atoms with Gasteiger partial charge in [0.05, 0.1) is 100 Å². The van der Waals surface area contributed by atoms with Crippen molar-refractivity contribution in [3.8, 4) is 0 Å². The summed E-state index contributed by atoms with van der Waals surface area (Å²) in [5, 5.41) is 4.07. The molecule has 0 saturated carbocycles. The van der Waals surface area contributed by atoms with Gasteiger partial charge in [-0.15, -0.1) is 0 Å². The summed E-state index contributed by atoms with van der Waals surface area (Å²) in [5.41, 5.74) is 8.95. The zero-order valence-corrected chi connectivity index (χ0v) is 47.5. The standard InChI is InChI=1S/C30H33F2N5O3.C15H13BrF2N2O.C15H21N3O2/c1-19-27(26-22(32)14-20(31)15-23(26)34-29(19)36-7-3-2-4-25(36)38)37-18-30(5-10-39-11-6-30)28-24(37)16-21(17-33-28)35-8-12-40-13-9-35;1-8-14(16)13-10(18)6-9(17)7-11(13)19-15(8)20-5-3-2-4-12(20)21;1-5-19-6-2-15(1)11-17-13-9-12(10-16-14(13)15)18-3-7-20-8-4-18/h14-17H,2-13,18H2,1H3;6-7H,2-5H2,1H3;9-10,17H,1-8,11H2. The van der Waals surface area contributed by atoms with Crippen molar-refractivity contribution in [1.82, 2.24) is 19.9 Å². The number of nitrogens with zero attached hydrogens (tertiary/aromatic N) is 9. The van der Waals surface area contributed by atoms with Crippen LogP contribution in [0.1, 0.15) is 86.7 Å². The molecule has 0 aliphatic carbocycles. The summed E-state index contributed by atoms with van der Waals surface area (Å²) in [6.45, 7) is 15.7. The maximum absolute atomic E-state index is 15.7. The summed E-state index contributed by atoms with van der Waals surface area (Å²) < 4.78 is 80.3. The molecule has 2 spiro atoms. The fourth-order valence-corrected chi connectivity index (χ4v) is 13.6.